The van der Waals surface area contributed by atoms with Gasteiger partial charge in [-0.05, 0) is 6.42 Å². The fourth-order valence-corrected chi connectivity index (χ4v) is 1.97. The number of unbranched alkanes of at least 4 members (excludes halogenated alkanes) is 1. The van der Waals surface area contributed by atoms with Crippen molar-refractivity contribution < 1.29 is 5.11 Å². The maximum atomic E-state index is 8.65. The van der Waals surface area contributed by atoms with Gasteiger partial charge in [-0.2, -0.15) is 11.8 Å². The number of hydrogen-bond acceptors (Lipinski definition) is 2. The average molecular weight is 146 g/mol. The van der Waals surface area contributed by atoms with E-state index in [4.69, 9.17) is 5.11 Å². The molecule has 9 heavy (non-hydrogen) atoms. The highest BCUT2D eigenvalue weighted by Gasteiger charge is 2.36. The average Bonchev–Trinajstić information content (AvgIpc) is 2.62. The molecule has 1 rings (SSSR count). The molecule has 1 saturated heterocycles. The number of hydrogen-bond donors (Lipinski definition) is 1. The van der Waals surface area contributed by atoms with Crippen molar-refractivity contribution in [3.63, 3.8) is 0 Å². The maximum absolute atomic E-state index is 8.65. The van der Waals surface area contributed by atoms with E-state index in [0.717, 1.165) is 5.25 Å². The molecule has 1 nitrogen and oxygen atoms in total. The van der Waals surface area contributed by atoms with Crippen LogP contribution in [-0.2, 0) is 0 Å². The Labute approximate surface area is 60.8 Å². The molecular formula is C7H14OS. The summed E-state index contributed by atoms with van der Waals surface area (Å²) in [7, 11) is 0. The Morgan fingerprint density at radius 2 is 2.22 bits per heavy atom. The van der Waals surface area contributed by atoms with Crippen molar-refractivity contribution in [3.05, 3.63) is 0 Å². The summed E-state index contributed by atoms with van der Waals surface area (Å²) in [6.45, 7) is 2.60. The summed E-state index contributed by atoms with van der Waals surface area (Å²) in [6.07, 6.45) is 3.93. The smallest absolute Gasteiger partial charge is 0.0560 e. The molecule has 1 fully saturated rings. The predicted octanol–water partition coefficient (Wildman–Crippen LogP) is 1.65. The normalized spacial score (nSPS) is 32.7. The van der Waals surface area contributed by atoms with E-state index in [-0.39, 0.29) is 0 Å². The summed E-state index contributed by atoms with van der Waals surface area (Å²) < 4.78 is 0. The standard InChI is InChI=1S/C7H14OS/c1-2-3-4-6-7(5-8)9-6/h6-8H,2-5H2,1H3/t6-,7+/m0/s1. The third-order valence-corrected chi connectivity index (χ3v) is 3.14. The molecule has 0 spiro atoms. The second-order valence-electron chi connectivity index (χ2n) is 2.54. The summed E-state index contributed by atoms with van der Waals surface area (Å²) >= 11 is 1.93. The van der Waals surface area contributed by atoms with E-state index in [1.807, 2.05) is 11.8 Å². The van der Waals surface area contributed by atoms with E-state index in [9.17, 15) is 0 Å². The van der Waals surface area contributed by atoms with Crippen molar-refractivity contribution in [2.75, 3.05) is 6.61 Å². The molecule has 0 aromatic rings. The molecule has 0 aromatic carbocycles. The van der Waals surface area contributed by atoms with Gasteiger partial charge >= 0.3 is 0 Å². The van der Waals surface area contributed by atoms with Crippen LogP contribution in [0.4, 0.5) is 0 Å². The molecule has 2 atom stereocenters. The molecule has 0 aliphatic carbocycles. The summed E-state index contributed by atoms with van der Waals surface area (Å²) in [5.74, 6) is 0. The topological polar surface area (TPSA) is 20.2 Å². The molecule has 1 heterocycles. The highest BCUT2D eigenvalue weighted by atomic mass is 32.2. The molecule has 2 heteroatoms. The van der Waals surface area contributed by atoms with E-state index in [1.54, 1.807) is 0 Å². The highest BCUT2D eigenvalue weighted by Crippen LogP contribution is 2.43. The van der Waals surface area contributed by atoms with Crippen molar-refractivity contribution in [1.82, 2.24) is 0 Å². The van der Waals surface area contributed by atoms with Crippen LogP contribution < -0.4 is 0 Å². The van der Waals surface area contributed by atoms with Gasteiger partial charge in [0.05, 0.1) is 6.61 Å². The van der Waals surface area contributed by atoms with Crippen LogP contribution in [0.3, 0.4) is 0 Å². The molecule has 0 aromatic heterocycles. The van der Waals surface area contributed by atoms with Gasteiger partial charge in [0.2, 0.25) is 0 Å². The van der Waals surface area contributed by atoms with Crippen LogP contribution in [-0.4, -0.2) is 22.2 Å². The van der Waals surface area contributed by atoms with Crippen LogP contribution in [0.1, 0.15) is 26.2 Å². The molecule has 0 unspecified atom stereocenters. The summed E-state index contributed by atoms with van der Waals surface area (Å²) in [5, 5.41) is 10.0. The summed E-state index contributed by atoms with van der Waals surface area (Å²) in [5.41, 5.74) is 0. The second kappa shape index (κ2) is 3.47. The Morgan fingerprint density at radius 1 is 1.44 bits per heavy atom. The number of aliphatic hydroxyl groups excluding tert-OH is 1. The van der Waals surface area contributed by atoms with Crippen molar-refractivity contribution in [2.24, 2.45) is 0 Å². The van der Waals surface area contributed by atoms with Gasteiger partial charge in [0, 0.05) is 10.5 Å². The van der Waals surface area contributed by atoms with Gasteiger partial charge < -0.3 is 5.11 Å². The van der Waals surface area contributed by atoms with Crippen LogP contribution >= 0.6 is 11.8 Å². The molecule has 1 aliphatic rings. The van der Waals surface area contributed by atoms with Crippen molar-refractivity contribution in [3.8, 4) is 0 Å². The van der Waals surface area contributed by atoms with Gasteiger partial charge in [-0.1, -0.05) is 19.8 Å². The van der Waals surface area contributed by atoms with Crippen LogP contribution in [0.2, 0.25) is 0 Å². The first-order valence-electron chi connectivity index (χ1n) is 3.64. The molecule has 0 amide bonds. The highest BCUT2D eigenvalue weighted by molar-refractivity contribution is 8.07. The molecule has 1 aliphatic heterocycles. The lowest BCUT2D eigenvalue weighted by Gasteiger charge is -1.91. The lowest BCUT2D eigenvalue weighted by atomic mass is 10.2. The zero-order valence-corrected chi connectivity index (χ0v) is 6.66. The van der Waals surface area contributed by atoms with Gasteiger partial charge in [0.15, 0.2) is 0 Å². The van der Waals surface area contributed by atoms with Crippen LogP contribution in [0, 0.1) is 0 Å². The molecule has 1 N–H and O–H groups in total. The Hall–Kier alpha value is 0.310. The van der Waals surface area contributed by atoms with Crippen molar-refractivity contribution in [1.29, 1.82) is 0 Å². The van der Waals surface area contributed by atoms with Gasteiger partial charge in [0.1, 0.15) is 0 Å². The van der Waals surface area contributed by atoms with Crippen molar-refractivity contribution >= 4 is 11.8 Å². The minimum absolute atomic E-state index is 0.388. The second-order valence-corrected chi connectivity index (χ2v) is 4.02. The fraction of sp³-hybridized carbons (Fsp3) is 1.00. The van der Waals surface area contributed by atoms with E-state index >= 15 is 0 Å². The Kier molecular flexibility index (Phi) is 2.86. The largest absolute Gasteiger partial charge is 0.395 e. The number of aliphatic hydroxyl groups is 1. The van der Waals surface area contributed by atoms with Crippen molar-refractivity contribution in [2.45, 2.75) is 36.7 Å². The number of rotatable bonds is 4. The molecular weight excluding hydrogens is 132 g/mol. The first-order chi connectivity index (χ1) is 4.38. The SMILES string of the molecule is CCCC[C@@H]1S[C@@H]1CO. The monoisotopic (exact) mass is 146 g/mol. The van der Waals surface area contributed by atoms with E-state index in [1.165, 1.54) is 19.3 Å². The lowest BCUT2D eigenvalue weighted by Crippen LogP contribution is -1.98. The van der Waals surface area contributed by atoms with Crippen LogP contribution in [0.15, 0.2) is 0 Å². The molecule has 0 radical (unpaired) electrons. The molecule has 0 bridgehead atoms. The van der Waals surface area contributed by atoms with Gasteiger partial charge in [-0.25, -0.2) is 0 Å². The third kappa shape index (κ3) is 2.18. The Balaban J connectivity index is 1.92. The summed E-state index contributed by atoms with van der Waals surface area (Å²) in [4.78, 5) is 0. The quantitative estimate of drug-likeness (QED) is 0.609. The maximum Gasteiger partial charge on any atom is 0.0560 e. The first kappa shape index (κ1) is 7.42. The Morgan fingerprint density at radius 3 is 2.67 bits per heavy atom. The van der Waals surface area contributed by atoms with Crippen LogP contribution in [0.5, 0.6) is 0 Å². The summed E-state index contributed by atoms with van der Waals surface area (Å²) in [6, 6.07) is 0. The van der Waals surface area contributed by atoms with Gasteiger partial charge in [-0.3, -0.25) is 0 Å². The van der Waals surface area contributed by atoms with Crippen LogP contribution in [0.25, 0.3) is 0 Å². The minimum Gasteiger partial charge on any atom is -0.395 e. The zero-order valence-electron chi connectivity index (χ0n) is 5.84. The lowest BCUT2D eigenvalue weighted by molar-refractivity contribution is 0.301. The molecule has 54 valence electrons. The zero-order chi connectivity index (χ0) is 6.69. The van der Waals surface area contributed by atoms with E-state index < -0.39 is 0 Å². The fourth-order valence-electron chi connectivity index (χ4n) is 0.999. The van der Waals surface area contributed by atoms with Gasteiger partial charge in [0.25, 0.3) is 0 Å². The third-order valence-electron chi connectivity index (χ3n) is 1.71. The predicted molar refractivity (Wildman–Crippen MR) is 41.8 cm³/mol. The first-order valence-corrected chi connectivity index (χ1v) is 4.59. The Bertz CT molecular complexity index is 85.0. The van der Waals surface area contributed by atoms with Gasteiger partial charge in [-0.15, -0.1) is 0 Å². The molecule has 0 saturated carbocycles. The van der Waals surface area contributed by atoms with E-state index in [0.29, 0.717) is 11.9 Å². The minimum atomic E-state index is 0.388. The van der Waals surface area contributed by atoms with E-state index in [2.05, 4.69) is 6.92 Å². The number of thioether (sulfide) groups is 1.